The quantitative estimate of drug-likeness (QED) is 0.358. The van der Waals surface area contributed by atoms with E-state index in [0.29, 0.717) is 21.9 Å². The molecular formula is C24H16BrN3O2S. The molecule has 3 aromatic carbocycles. The fraction of sp³-hybridized carbons (Fsp3) is 0.0417. The van der Waals surface area contributed by atoms with E-state index in [1.165, 1.54) is 15.9 Å². The molecule has 0 aliphatic heterocycles. The Morgan fingerprint density at radius 1 is 0.968 bits per heavy atom. The number of halogens is 1. The van der Waals surface area contributed by atoms with Crippen molar-refractivity contribution < 1.29 is 4.74 Å². The average molecular weight is 490 g/mol. The number of hydrogen-bond donors (Lipinski definition) is 0. The van der Waals surface area contributed by atoms with Gasteiger partial charge < -0.3 is 4.74 Å². The normalized spacial score (nSPS) is 11.8. The van der Waals surface area contributed by atoms with Crippen molar-refractivity contribution in [2.24, 2.45) is 0 Å². The number of benzene rings is 3. The molecule has 0 amide bonds. The molecule has 0 radical (unpaired) electrons. The Balaban J connectivity index is 1.38. The molecule has 0 N–H and O–H groups in total. The molecule has 0 unspecified atom stereocenters. The van der Waals surface area contributed by atoms with E-state index in [-0.39, 0.29) is 5.56 Å². The zero-order valence-corrected chi connectivity index (χ0v) is 18.6. The van der Waals surface area contributed by atoms with Gasteiger partial charge >= 0.3 is 0 Å². The van der Waals surface area contributed by atoms with E-state index in [0.717, 1.165) is 26.9 Å². The van der Waals surface area contributed by atoms with Crippen LogP contribution in [-0.4, -0.2) is 14.6 Å². The Morgan fingerprint density at radius 3 is 2.45 bits per heavy atom. The van der Waals surface area contributed by atoms with Gasteiger partial charge in [-0.05, 0) is 41.5 Å². The van der Waals surface area contributed by atoms with E-state index >= 15 is 0 Å². The fourth-order valence-electron chi connectivity index (χ4n) is 3.14. The molecule has 31 heavy (non-hydrogen) atoms. The zero-order chi connectivity index (χ0) is 21.2. The minimum Gasteiger partial charge on any atom is -0.489 e. The molecule has 5 rings (SSSR count). The maximum absolute atomic E-state index is 12.8. The number of aromatic nitrogens is 3. The third kappa shape index (κ3) is 4.15. The van der Waals surface area contributed by atoms with Crippen LogP contribution in [0.15, 0.2) is 88.1 Å². The lowest BCUT2D eigenvalue weighted by Gasteiger charge is -2.06. The van der Waals surface area contributed by atoms with Crippen LogP contribution < -0.4 is 14.8 Å². The minimum atomic E-state index is -0.171. The fourth-order valence-corrected chi connectivity index (χ4v) is 4.51. The van der Waals surface area contributed by atoms with Gasteiger partial charge in [-0.1, -0.05) is 81.9 Å². The van der Waals surface area contributed by atoms with Crippen molar-refractivity contribution >= 4 is 38.3 Å². The standard InChI is InChI=1S/C24H16BrN3O2S/c25-20-9-5-4-8-19(20)22-26-24-28(27-22)23(29)21(31-24)14-16-10-12-18(13-11-16)30-15-17-6-2-1-3-7-17/h1-14H,15H2. The summed E-state index contributed by atoms with van der Waals surface area (Å²) in [6, 6.07) is 25.4. The second-order valence-corrected chi connectivity index (χ2v) is 8.73. The highest BCUT2D eigenvalue weighted by atomic mass is 79.9. The highest BCUT2D eigenvalue weighted by Gasteiger charge is 2.13. The topological polar surface area (TPSA) is 56.5 Å². The predicted octanol–water partition coefficient (Wildman–Crippen LogP) is 4.71. The van der Waals surface area contributed by atoms with E-state index in [9.17, 15) is 4.79 Å². The molecule has 5 aromatic rings. The molecule has 0 saturated carbocycles. The molecule has 0 spiro atoms. The van der Waals surface area contributed by atoms with Gasteiger partial charge in [-0.2, -0.15) is 9.50 Å². The third-order valence-electron chi connectivity index (χ3n) is 4.72. The SMILES string of the molecule is O=c1c(=Cc2ccc(OCc3ccccc3)cc2)sc2nc(-c3ccccc3Br)nn12. The van der Waals surface area contributed by atoms with Crippen molar-refractivity contribution in [1.82, 2.24) is 14.6 Å². The molecule has 0 atom stereocenters. The van der Waals surface area contributed by atoms with E-state index in [2.05, 4.69) is 26.0 Å². The van der Waals surface area contributed by atoms with Gasteiger partial charge in [-0.3, -0.25) is 4.79 Å². The van der Waals surface area contributed by atoms with Crippen LogP contribution >= 0.6 is 27.3 Å². The predicted molar refractivity (Wildman–Crippen MR) is 126 cm³/mol. The Bertz CT molecular complexity index is 1460. The summed E-state index contributed by atoms with van der Waals surface area (Å²) in [5, 5.41) is 4.41. The maximum Gasteiger partial charge on any atom is 0.291 e. The first-order valence-electron chi connectivity index (χ1n) is 9.60. The van der Waals surface area contributed by atoms with E-state index in [4.69, 9.17) is 4.74 Å². The third-order valence-corrected chi connectivity index (χ3v) is 6.37. The second-order valence-electron chi connectivity index (χ2n) is 6.87. The molecular weight excluding hydrogens is 474 g/mol. The molecule has 0 saturated heterocycles. The van der Waals surface area contributed by atoms with Crippen molar-refractivity contribution in [3.8, 4) is 17.1 Å². The molecule has 0 bridgehead atoms. The number of fused-ring (bicyclic) bond motifs is 1. The van der Waals surface area contributed by atoms with E-state index in [1.807, 2.05) is 84.9 Å². The van der Waals surface area contributed by atoms with Gasteiger partial charge in [0.2, 0.25) is 4.96 Å². The zero-order valence-electron chi connectivity index (χ0n) is 16.2. The highest BCUT2D eigenvalue weighted by molar-refractivity contribution is 9.10. The molecule has 0 aliphatic carbocycles. The van der Waals surface area contributed by atoms with Crippen LogP contribution in [0.3, 0.4) is 0 Å². The molecule has 0 fully saturated rings. The maximum atomic E-state index is 12.8. The largest absolute Gasteiger partial charge is 0.489 e. The van der Waals surface area contributed by atoms with Crippen LogP contribution in [0.4, 0.5) is 0 Å². The molecule has 2 aromatic heterocycles. The summed E-state index contributed by atoms with van der Waals surface area (Å²) in [7, 11) is 0. The first-order chi connectivity index (χ1) is 15.2. The van der Waals surface area contributed by atoms with Gasteiger partial charge in [0.05, 0.1) is 4.53 Å². The molecule has 0 aliphatic rings. The number of nitrogens with zero attached hydrogens (tertiary/aromatic N) is 3. The van der Waals surface area contributed by atoms with Crippen molar-refractivity contribution in [2.45, 2.75) is 6.61 Å². The van der Waals surface area contributed by atoms with Gasteiger partial charge in [0.1, 0.15) is 12.4 Å². The summed E-state index contributed by atoms with van der Waals surface area (Å²) in [6.07, 6.45) is 1.85. The van der Waals surface area contributed by atoms with Crippen LogP contribution in [0, 0.1) is 0 Å². The van der Waals surface area contributed by atoms with Crippen LogP contribution in [0.1, 0.15) is 11.1 Å². The Labute approximate surface area is 190 Å². The average Bonchev–Trinajstić information content (AvgIpc) is 3.33. The second kappa shape index (κ2) is 8.45. The van der Waals surface area contributed by atoms with Gasteiger partial charge in [0.25, 0.3) is 5.56 Å². The highest BCUT2D eigenvalue weighted by Crippen LogP contribution is 2.25. The Morgan fingerprint density at radius 2 is 1.71 bits per heavy atom. The van der Waals surface area contributed by atoms with E-state index in [1.54, 1.807) is 0 Å². The number of rotatable bonds is 5. The van der Waals surface area contributed by atoms with Crippen LogP contribution in [0.25, 0.3) is 22.4 Å². The summed E-state index contributed by atoms with van der Waals surface area (Å²) < 4.78 is 8.66. The summed E-state index contributed by atoms with van der Waals surface area (Å²) in [6.45, 7) is 0.516. The Hall–Kier alpha value is -3.29. The lowest BCUT2D eigenvalue weighted by Crippen LogP contribution is -2.23. The summed E-state index contributed by atoms with van der Waals surface area (Å²) >= 11 is 4.83. The lowest BCUT2D eigenvalue weighted by atomic mass is 10.2. The van der Waals surface area contributed by atoms with Gasteiger partial charge in [0, 0.05) is 10.0 Å². The molecule has 7 heteroatoms. The summed E-state index contributed by atoms with van der Waals surface area (Å²) in [4.78, 5) is 17.9. The van der Waals surface area contributed by atoms with Crippen molar-refractivity contribution in [3.05, 3.63) is 109 Å². The Kier molecular flexibility index (Phi) is 5.36. The van der Waals surface area contributed by atoms with Crippen molar-refractivity contribution in [3.63, 3.8) is 0 Å². The minimum absolute atomic E-state index is 0.171. The van der Waals surface area contributed by atoms with E-state index < -0.39 is 0 Å². The number of thiazole rings is 1. The molecule has 152 valence electrons. The van der Waals surface area contributed by atoms with Crippen molar-refractivity contribution in [1.29, 1.82) is 0 Å². The van der Waals surface area contributed by atoms with Crippen LogP contribution in [0.5, 0.6) is 5.75 Å². The number of hydrogen-bond acceptors (Lipinski definition) is 5. The van der Waals surface area contributed by atoms with Gasteiger partial charge in [-0.25, -0.2) is 0 Å². The molecule has 2 heterocycles. The van der Waals surface area contributed by atoms with Crippen LogP contribution in [0.2, 0.25) is 0 Å². The smallest absolute Gasteiger partial charge is 0.291 e. The van der Waals surface area contributed by atoms with Crippen molar-refractivity contribution in [2.75, 3.05) is 0 Å². The monoisotopic (exact) mass is 489 g/mol. The van der Waals surface area contributed by atoms with Crippen LogP contribution in [-0.2, 0) is 6.61 Å². The first kappa shape index (κ1) is 19.7. The van der Waals surface area contributed by atoms with Gasteiger partial charge in [-0.15, -0.1) is 5.10 Å². The van der Waals surface area contributed by atoms with Gasteiger partial charge in [0.15, 0.2) is 5.82 Å². The summed E-state index contributed by atoms with van der Waals surface area (Å²) in [5.74, 6) is 1.31. The summed E-state index contributed by atoms with van der Waals surface area (Å²) in [5.41, 5.74) is 2.72. The lowest BCUT2D eigenvalue weighted by molar-refractivity contribution is 0.306. The molecule has 5 nitrogen and oxygen atoms in total. The first-order valence-corrected chi connectivity index (χ1v) is 11.2. The number of ether oxygens (including phenoxy) is 1.